The van der Waals surface area contributed by atoms with Crippen molar-refractivity contribution < 1.29 is 22.7 Å². The van der Waals surface area contributed by atoms with Crippen LogP contribution in [0.4, 0.5) is 18.9 Å². The van der Waals surface area contributed by atoms with Crippen LogP contribution in [0.5, 0.6) is 11.5 Å². The molecule has 1 aliphatic rings. The van der Waals surface area contributed by atoms with Crippen molar-refractivity contribution in [1.29, 1.82) is 0 Å². The second-order valence-corrected chi connectivity index (χ2v) is 6.38. The van der Waals surface area contributed by atoms with E-state index in [-0.39, 0.29) is 21.5 Å². The van der Waals surface area contributed by atoms with E-state index in [4.69, 9.17) is 16.3 Å². The predicted octanol–water partition coefficient (Wildman–Crippen LogP) is 5.89. The molecule has 2 aromatic rings. The first-order valence-corrected chi connectivity index (χ1v) is 8.09. The number of carbonyl (C=O) groups excluding carboxylic acids is 1. The monoisotopic (exact) mass is 419 g/mol. The number of ether oxygens (including phenoxy) is 1. The van der Waals surface area contributed by atoms with Crippen molar-refractivity contribution in [2.45, 2.75) is 13.1 Å². The number of halogens is 5. The highest BCUT2D eigenvalue weighted by Gasteiger charge is 2.36. The highest BCUT2D eigenvalue weighted by molar-refractivity contribution is 9.10. The molecule has 0 spiro atoms. The number of alkyl halides is 3. The molecule has 0 atom stereocenters. The first kappa shape index (κ1) is 17.1. The molecule has 1 amide bonds. The summed E-state index contributed by atoms with van der Waals surface area (Å²) >= 11 is 9.01. The van der Waals surface area contributed by atoms with Gasteiger partial charge >= 0.3 is 6.18 Å². The third-order valence-corrected chi connectivity index (χ3v) is 4.45. The summed E-state index contributed by atoms with van der Waals surface area (Å²) in [6.45, 7) is 2.09. The molecule has 0 aromatic heterocycles. The molecule has 1 heterocycles. The maximum atomic E-state index is 13.0. The van der Waals surface area contributed by atoms with Crippen LogP contribution in [-0.4, -0.2) is 12.5 Å². The Bertz CT molecular complexity index is 839. The van der Waals surface area contributed by atoms with Gasteiger partial charge in [-0.25, -0.2) is 0 Å². The molecule has 0 bridgehead atoms. The van der Waals surface area contributed by atoms with E-state index in [1.807, 2.05) is 0 Å². The fourth-order valence-electron chi connectivity index (χ4n) is 2.50. The van der Waals surface area contributed by atoms with E-state index in [1.165, 1.54) is 11.0 Å². The predicted molar refractivity (Wildman–Crippen MR) is 88.0 cm³/mol. The van der Waals surface area contributed by atoms with Gasteiger partial charge < -0.3 is 9.64 Å². The molecule has 0 radical (unpaired) electrons. The van der Waals surface area contributed by atoms with Crippen molar-refractivity contribution >= 4 is 39.1 Å². The van der Waals surface area contributed by atoms with Crippen LogP contribution in [0.25, 0.3) is 0 Å². The van der Waals surface area contributed by atoms with Crippen LogP contribution in [0.2, 0.25) is 5.02 Å². The van der Waals surface area contributed by atoms with Gasteiger partial charge in [0.2, 0.25) is 0 Å². The number of amides is 1. The number of nitrogens with zero attached hydrogens (tertiary/aromatic N) is 1. The van der Waals surface area contributed by atoms with Gasteiger partial charge in [0, 0.05) is 22.1 Å². The second kappa shape index (κ2) is 5.97. The van der Waals surface area contributed by atoms with Crippen molar-refractivity contribution in [3.05, 3.63) is 51.0 Å². The molecule has 3 rings (SSSR count). The fraction of sp³-hybridized carbons (Fsp3) is 0.188. The molecule has 1 aliphatic heterocycles. The molecule has 0 N–H and O–H groups in total. The van der Waals surface area contributed by atoms with Gasteiger partial charge in [-0.05, 0) is 47.1 Å². The van der Waals surface area contributed by atoms with Gasteiger partial charge in [0.25, 0.3) is 5.91 Å². The molecule has 126 valence electrons. The minimum atomic E-state index is -4.56. The maximum Gasteiger partial charge on any atom is 0.416 e. The molecule has 0 saturated heterocycles. The molecular formula is C16H10BrClF3NO2. The van der Waals surface area contributed by atoms with Crippen LogP contribution >= 0.6 is 27.5 Å². The number of hydrogen-bond donors (Lipinski definition) is 0. The van der Waals surface area contributed by atoms with Crippen molar-refractivity contribution in [3.63, 3.8) is 0 Å². The summed E-state index contributed by atoms with van der Waals surface area (Å²) in [7, 11) is 0. The van der Waals surface area contributed by atoms with Gasteiger partial charge in [-0.15, -0.1) is 0 Å². The van der Waals surface area contributed by atoms with Gasteiger partial charge in [0.15, 0.2) is 5.75 Å². The Morgan fingerprint density at radius 3 is 2.54 bits per heavy atom. The lowest BCUT2D eigenvalue weighted by Crippen LogP contribution is -2.30. The van der Waals surface area contributed by atoms with Crippen LogP contribution in [0.1, 0.15) is 22.8 Å². The van der Waals surface area contributed by atoms with E-state index in [2.05, 4.69) is 15.9 Å². The summed E-state index contributed by atoms with van der Waals surface area (Å²) in [5.41, 5.74) is -0.421. The average Bonchev–Trinajstić information content (AvgIpc) is 2.59. The van der Waals surface area contributed by atoms with E-state index in [0.29, 0.717) is 17.3 Å². The van der Waals surface area contributed by atoms with E-state index >= 15 is 0 Å². The molecule has 0 aliphatic carbocycles. The van der Waals surface area contributed by atoms with Gasteiger partial charge in [-0.1, -0.05) is 11.6 Å². The summed E-state index contributed by atoms with van der Waals surface area (Å²) in [4.78, 5) is 14.2. The smallest absolute Gasteiger partial charge is 0.416 e. The molecule has 8 heteroatoms. The summed E-state index contributed by atoms with van der Waals surface area (Å²) in [6.07, 6.45) is -4.56. The molecule has 0 saturated carbocycles. The zero-order chi connectivity index (χ0) is 17.6. The summed E-state index contributed by atoms with van der Waals surface area (Å²) < 4.78 is 44.8. The lowest BCUT2D eigenvalue weighted by atomic mass is 10.1. The lowest BCUT2D eigenvalue weighted by molar-refractivity contribution is -0.137. The highest BCUT2D eigenvalue weighted by atomic mass is 79.9. The van der Waals surface area contributed by atoms with Crippen molar-refractivity contribution in [1.82, 2.24) is 0 Å². The first-order valence-electron chi connectivity index (χ1n) is 6.92. The minimum absolute atomic E-state index is 0.0229. The number of fused-ring (bicyclic) bond motifs is 2. The number of anilines is 1. The van der Waals surface area contributed by atoms with E-state index < -0.39 is 17.6 Å². The van der Waals surface area contributed by atoms with E-state index in [9.17, 15) is 18.0 Å². The Labute approximate surface area is 149 Å². The van der Waals surface area contributed by atoms with Gasteiger partial charge in [-0.3, -0.25) is 4.79 Å². The molecule has 0 unspecified atom stereocenters. The fourth-order valence-corrected chi connectivity index (χ4v) is 3.28. The van der Waals surface area contributed by atoms with Crippen molar-refractivity contribution in [2.75, 3.05) is 11.4 Å². The quantitative estimate of drug-likeness (QED) is 0.575. The third-order valence-electron chi connectivity index (χ3n) is 3.59. The van der Waals surface area contributed by atoms with Crippen molar-refractivity contribution in [3.8, 4) is 11.5 Å². The maximum absolute atomic E-state index is 13.0. The zero-order valence-electron chi connectivity index (χ0n) is 12.2. The van der Waals surface area contributed by atoms with Gasteiger partial charge in [-0.2, -0.15) is 13.2 Å². The van der Waals surface area contributed by atoms with Crippen LogP contribution in [0, 0.1) is 0 Å². The molecular weight excluding hydrogens is 411 g/mol. The van der Waals surface area contributed by atoms with Crippen LogP contribution in [0.3, 0.4) is 0 Å². The van der Waals surface area contributed by atoms with Gasteiger partial charge in [0.1, 0.15) is 5.75 Å². The number of carbonyl (C=O) groups is 1. The average molecular weight is 421 g/mol. The Morgan fingerprint density at radius 2 is 1.92 bits per heavy atom. The largest absolute Gasteiger partial charge is 0.454 e. The van der Waals surface area contributed by atoms with Crippen LogP contribution in [-0.2, 0) is 6.18 Å². The number of hydrogen-bond acceptors (Lipinski definition) is 2. The first-order chi connectivity index (χ1) is 11.2. The zero-order valence-corrected chi connectivity index (χ0v) is 14.6. The number of benzene rings is 2. The van der Waals surface area contributed by atoms with Crippen LogP contribution in [0.15, 0.2) is 34.8 Å². The van der Waals surface area contributed by atoms with Gasteiger partial charge in [0.05, 0.1) is 16.8 Å². The molecule has 24 heavy (non-hydrogen) atoms. The Hall–Kier alpha value is -1.73. The summed E-state index contributed by atoms with van der Waals surface area (Å²) in [6, 6.07) is 6.35. The molecule has 0 fully saturated rings. The minimum Gasteiger partial charge on any atom is -0.454 e. The van der Waals surface area contributed by atoms with E-state index in [1.54, 1.807) is 19.1 Å². The standard InChI is InChI=1S/C16H10BrClF3NO2/c1-2-22-11-4-3-9(18)7-12(11)24-13-6-8(16(19,20)21)5-10(17)14(13)15(22)23/h3-7H,2H2,1H3. The lowest BCUT2D eigenvalue weighted by Gasteiger charge is -2.20. The highest BCUT2D eigenvalue weighted by Crippen LogP contribution is 2.44. The second-order valence-electron chi connectivity index (χ2n) is 5.09. The Kier molecular flexibility index (Phi) is 4.25. The third kappa shape index (κ3) is 2.86. The Morgan fingerprint density at radius 1 is 1.21 bits per heavy atom. The van der Waals surface area contributed by atoms with Crippen LogP contribution < -0.4 is 9.64 Å². The molecule has 3 nitrogen and oxygen atoms in total. The molecule has 2 aromatic carbocycles. The topological polar surface area (TPSA) is 29.5 Å². The van der Waals surface area contributed by atoms with E-state index in [0.717, 1.165) is 12.1 Å². The summed E-state index contributed by atoms with van der Waals surface area (Å²) in [5, 5.41) is 0.353. The SMILES string of the molecule is CCN1C(=O)c2c(Br)cc(C(F)(F)F)cc2Oc2cc(Cl)ccc21. The van der Waals surface area contributed by atoms with Crippen molar-refractivity contribution in [2.24, 2.45) is 0 Å². The Balaban J connectivity index is 2.27. The number of rotatable bonds is 1. The summed E-state index contributed by atoms with van der Waals surface area (Å²) in [5.74, 6) is -0.391. The normalized spacial score (nSPS) is 13.9.